The molecule has 1 aromatic carbocycles. The van der Waals surface area contributed by atoms with Gasteiger partial charge in [0.25, 0.3) is 0 Å². The Morgan fingerprint density at radius 1 is 1.23 bits per heavy atom. The summed E-state index contributed by atoms with van der Waals surface area (Å²) in [5.74, 6) is -1.61. The largest absolute Gasteiger partial charge is 0.497 e. The second-order valence-corrected chi connectivity index (χ2v) is 5.49. The van der Waals surface area contributed by atoms with Gasteiger partial charge in [-0.25, -0.2) is 4.79 Å². The molecule has 1 rings (SSSR count). The van der Waals surface area contributed by atoms with E-state index in [1.807, 2.05) is 13.8 Å². The average molecular weight is 329 g/mol. The minimum Gasteiger partial charge on any atom is -0.497 e. The van der Waals surface area contributed by atoms with E-state index in [2.05, 4.69) is 0 Å². The number of carbonyl (C=O) groups is 2. The number of hydrogen-bond acceptors (Lipinski definition) is 4. The highest BCUT2D eigenvalue weighted by atomic mass is 32.2. The molecule has 1 amide bonds. The molecule has 124 valence electrons. The number of carboxylic acids is 1. The predicted octanol–water partition coefficient (Wildman–Crippen LogP) is 1.76. The van der Waals surface area contributed by atoms with Crippen LogP contribution in [-0.4, -0.2) is 52.0 Å². The molecule has 1 unspecified atom stereocenters. The van der Waals surface area contributed by atoms with Gasteiger partial charge < -0.3 is 14.7 Å². The molecule has 0 radical (unpaired) electrons. The van der Waals surface area contributed by atoms with Crippen LogP contribution < -0.4 is 4.74 Å². The van der Waals surface area contributed by atoms with Crippen molar-refractivity contribution in [2.45, 2.75) is 25.7 Å². The number of carbonyl (C=O) groups excluding carboxylic acids is 1. The number of ether oxygens (including phenoxy) is 1. The molecule has 0 aliphatic carbocycles. The molecule has 6 nitrogen and oxygen atoms in total. The Morgan fingerprint density at radius 3 is 2.18 bits per heavy atom. The molecule has 0 bridgehead atoms. The number of likely N-dealkylation sites (N-methyl/N-ethyl adjacent to an activating group) is 1. The third-order valence-corrected chi connectivity index (χ3v) is 4.07. The minimum absolute atomic E-state index is 0.139. The Morgan fingerprint density at radius 2 is 1.77 bits per heavy atom. The second-order valence-electron chi connectivity index (χ2n) is 3.92. The molecule has 0 aromatic heterocycles. The van der Waals surface area contributed by atoms with Crippen molar-refractivity contribution in [1.82, 2.24) is 4.90 Å². The molecule has 22 heavy (non-hydrogen) atoms. The van der Waals surface area contributed by atoms with Gasteiger partial charge in [0.1, 0.15) is 5.75 Å². The topological polar surface area (TPSA) is 83.9 Å². The SMILES string of the molecule is CC.CCN(CCS(=O)c1ccc(OC)cc1)C(=O)C(=O)O. The van der Waals surface area contributed by atoms with E-state index in [-0.39, 0.29) is 18.8 Å². The highest BCUT2D eigenvalue weighted by molar-refractivity contribution is 7.85. The summed E-state index contributed by atoms with van der Waals surface area (Å²) in [6, 6.07) is 6.77. The van der Waals surface area contributed by atoms with E-state index < -0.39 is 22.7 Å². The first-order valence-electron chi connectivity index (χ1n) is 7.04. The molecule has 0 aliphatic rings. The molecule has 1 atom stereocenters. The van der Waals surface area contributed by atoms with Crippen LogP contribution in [0.2, 0.25) is 0 Å². The van der Waals surface area contributed by atoms with Crippen LogP contribution >= 0.6 is 0 Å². The molecule has 0 heterocycles. The zero-order valence-corrected chi connectivity index (χ0v) is 14.2. The first kappa shape index (κ1) is 20.1. The summed E-state index contributed by atoms with van der Waals surface area (Å²) in [6.45, 7) is 6.09. The normalized spacial score (nSPS) is 10.9. The fraction of sp³-hybridized carbons (Fsp3) is 0.467. The molecule has 0 saturated carbocycles. The van der Waals surface area contributed by atoms with Crippen LogP contribution in [-0.2, 0) is 20.4 Å². The van der Waals surface area contributed by atoms with Crippen LogP contribution in [0.25, 0.3) is 0 Å². The van der Waals surface area contributed by atoms with Gasteiger partial charge in [-0.3, -0.25) is 9.00 Å². The highest BCUT2D eigenvalue weighted by Crippen LogP contribution is 2.14. The smallest absolute Gasteiger partial charge is 0.394 e. The number of aliphatic carboxylic acids is 1. The Balaban J connectivity index is 0.00000211. The summed E-state index contributed by atoms with van der Waals surface area (Å²) in [5, 5.41) is 8.64. The van der Waals surface area contributed by atoms with Crippen molar-refractivity contribution in [3.8, 4) is 5.75 Å². The van der Waals surface area contributed by atoms with Gasteiger partial charge in [0.2, 0.25) is 0 Å². The van der Waals surface area contributed by atoms with Gasteiger partial charge in [-0.05, 0) is 31.2 Å². The van der Waals surface area contributed by atoms with E-state index in [4.69, 9.17) is 9.84 Å². The Labute approximate surface area is 133 Å². The van der Waals surface area contributed by atoms with E-state index in [1.165, 1.54) is 0 Å². The van der Waals surface area contributed by atoms with E-state index in [0.717, 1.165) is 4.90 Å². The van der Waals surface area contributed by atoms with Crippen LogP contribution in [0.1, 0.15) is 20.8 Å². The van der Waals surface area contributed by atoms with Crippen LogP contribution in [0.3, 0.4) is 0 Å². The molecule has 0 spiro atoms. The number of nitrogens with zero attached hydrogens (tertiary/aromatic N) is 1. The standard InChI is InChI=1S/C13H17NO5S.C2H6/c1-3-14(12(15)13(16)17)8-9-20(18)11-6-4-10(19-2)5-7-11;1-2/h4-7H,3,8-9H2,1-2H3,(H,16,17);1-2H3. The van der Waals surface area contributed by atoms with Crippen molar-refractivity contribution in [2.24, 2.45) is 0 Å². The van der Waals surface area contributed by atoms with Gasteiger partial charge in [0, 0.05) is 23.7 Å². The van der Waals surface area contributed by atoms with Gasteiger partial charge in [-0.1, -0.05) is 13.8 Å². The summed E-state index contributed by atoms with van der Waals surface area (Å²) in [7, 11) is 0.256. The summed E-state index contributed by atoms with van der Waals surface area (Å²) in [4.78, 5) is 23.7. The number of rotatable bonds is 6. The summed E-state index contributed by atoms with van der Waals surface area (Å²) in [6.07, 6.45) is 0. The van der Waals surface area contributed by atoms with Gasteiger partial charge >= 0.3 is 11.9 Å². The Hall–Kier alpha value is -1.89. The van der Waals surface area contributed by atoms with Crippen LogP contribution in [0.15, 0.2) is 29.2 Å². The molecule has 0 saturated heterocycles. The van der Waals surface area contributed by atoms with Crippen molar-refractivity contribution in [3.63, 3.8) is 0 Å². The third kappa shape index (κ3) is 6.26. The maximum atomic E-state index is 12.0. The van der Waals surface area contributed by atoms with Gasteiger partial charge in [-0.15, -0.1) is 0 Å². The van der Waals surface area contributed by atoms with Crippen LogP contribution in [0, 0.1) is 0 Å². The predicted molar refractivity (Wildman–Crippen MR) is 85.5 cm³/mol. The van der Waals surface area contributed by atoms with Crippen molar-refractivity contribution in [3.05, 3.63) is 24.3 Å². The van der Waals surface area contributed by atoms with Gasteiger partial charge in [0.15, 0.2) is 0 Å². The Bertz CT molecular complexity index is 501. The molecular weight excluding hydrogens is 306 g/mol. The zero-order chi connectivity index (χ0) is 17.1. The minimum atomic E-state index is -1.50. The van der Waals surface area contributed by atoms with Crippen molar-refractivity contribution in [1.29, 1.82) is 0 Å². The van der Waals surface area contributed by atoms with Crippen molar-refractivity contribution >= 4 is 22.7 Å². The quantitative estimate of drug-likeness (QED) is 0.804. The molecule has 7 heteroatoms. The van der Waals surface area contributed by atoms with Crippen LogP contribution in [0.5, 0.6) is 5.75 Å². The third-order valence-electron chi connectivity index (χ3n) is 2.72. The molecule has 0 aliphatic heterocycles. The lowest BCUT2D eigenvalue weighted by atomic mass is 10.3. The summed E-state index contributed by atoms with van der Waals surface area (Å²) >= 11 is 0. The van der Waals surface area contributed by atoms with Crippen molar-refractivity contribution in [2.75, 3.05) is 26.0 Å². The summed E-state index contributed by atoms with van der Waals surface area (Å²) < 4.78 is 17.0. The van der Waals surface area contributed by atoms with E-state index in [0.29, 0.717) is 10.6 Å². The number of hydrogen-bond donors (Lipinski definition) is 1. The van der Waals surface area contributed by atoms with Gasteiger partial charge in [-0.2, -0.15) is 0 Å². The molecule has 0 fully saturated rings. The fourth-order valence-electron chi connectivity index (χ4n) is 1.58. The number of methoxy groups -OCH3 is 1. The van der Waals surface area contributed by atoms with Crippen LogP contribution in [0.4, 0.5) is 0 Å². The lowest BCUT2D eigenvalue weighted by Gasteiger charge is -2.18. The molecular formula is C15H23NO5S. The maximum absolute atomic E-state index is 12.0. The lowest BCUT2D eigenvalue weighted by Crippen LogP contribution is -2.38. The monoisotopic (exact) mass is 329 g/mol. The zero-order valence-electron chi connectivity index (χ0n) is 13.4. The first-order valence-corrected chi connectivity index (χ1v) is 8.36. The first-order chi connectivity index (χ1) is 10.5. The molecule has 1 aromatic rings. The highest BCUT2D eigenvalue weighted by Gasteiger charge is 2.19. The number of carboxylic acid groups (broad SMARTS) is 1. The van der Waals surface area contributed by atoms with Crippen molar-refractivity contribution < 1.29 is 23.6 Å². The average Bonchev–Trinajstić information content (AvgIpc) is 2.56. The number of amides is 1. The lowest BCUT2D eigenvalue weighted by molar-refractivity contribution is -0.155. The van der Waals surface area contributed by atoms with E-state index >= 15 is 0 Å². The van der Waals surface area contributed by atoms with Gasteiger partial charge in [0.05, 0.1) is 17.9 Å². The second kappa shape index (κ2) is 10.8. The Kier molecular flexibility index (Phi) is 9.86. The van der Waals surface area contributed by atoms with E-state index in [1.54, 1.807) is 38.3 Å². The summed E-state index contributed by atoms with van der Waals surface area (Å²) in [5.41, 5.74) is 0. The fourth-order valence-corrected chi connectivity index (χ4v) is 2.64. The molecule has 1 N–H and O–H groups in total. The number of benzene rings is 1. The maximum Gasteiger partial charge on any atom is 0.394 e. The van der Waals surface area contributed by atoms with E-state index in [9.17, 15) is 13.8 Å².